The second-order valence-corrected chi connectivity index (χ2v) is 7.19. The Balaban J connectivity index is 1.77. The number of carbonyl (C=O) groups excluding carboxylic acids is 1. The van der Waals surface area contributed by atoms with Crippen molar-refractivity contribution in [2.75, 3.05) is 0 Å². The fourth-order valence-corrected chi connectivity index (χ4v) is 2.80. The standard InChI is InChI=1S/C18H27FN2O2/c1-5-16(12-7-6-8-13(19)9-12)20-14-10-15(11-14)21-17(22)23-18(2,3)4/h6-9,14-16,20H,5,10-11H2,1-4H3,(H,21,22). The Hall–Kier alpha value is -1.62. The third kappa shape index (κ3) is 5.50. The van der Waals surface area contributed by atoms with Crippen LogP contribution in [0.1, 0.15) is 58.6 Å². The van der Waals surface area contributed by atoms with E-state index in [2.05, 4.69) is 17.6 Å². The van der Waals surface area contributed by atoms with E-state index in [0.717, 1.165) is 24.8 Å². The molecule has 4 nitrogen and oxygen atoms in total. The van der Waals surface area contributed by atoms with Crippen molar-refractivity contribution >= 4 is 6.09 Å². The van der Waals surface area contributed by atoms with E-state index in [9.17, 15) is 9.18 Å². The first-order valence-corrected chi connectivity index (χ1v) is 8.28. The van der Waals surface area contributed by atoms with Crippen LogP contribution in [0.3, 0.4) is 0 Å². The first-order valence-electron chi connectivity index (χ1n) is 8.28. The number of alkyl carbamates (subject to hydrolysis) is 1. The highest BCUT2D eigenvalue weighted by molar-refractivity contribution is 5.68. The van der Waals surface area contributed by atoms with E-state index in [0.29, 0.717) is 6.04 Å². The van der Waals surface area contributed by atoms with Crippen molar-refractivity contribution in [3.8, 4) is 0 Å². The summed E-state index contributed by atoms with van der Waals surface area (Å²) in [5.74, 6) is -0.208. The minimum atomic E-state index is -0.476. The molecular weight excluding hydrogens is 295 g/mol. The van der Waals surface area contributed by atoms with Gasteiger partial charge in [0.25, 0.3) is 0 Å². The van der Waals surface area contributed by atoms with Gasteiger partial charge < -0.3 is 15.4 Å². The highest BCUT2D eigenvalue weighted by Gasteiger charge is 2.32. The number of carbonyl (C=O) groups is 1. The molecule has 2 rings (SSSR count). The van der Waals surface area contributed by atoms with E-state index in [1.54, 1.807) is 12.1 Å². The second-order valence-electron chi connectivity index (χ2n) is 7.19. The van der Waals surface area contributed by atoms with Gasteiger partial charge in [0.1, 0.15) is 11.4 Å². The van der Waals surface area contributed by atoms with Crippen LogP contribution in [-0.2, 0) is 4.74 Å². The smallest absolute Gasteiger partial charge is 0.407 e. The summed E-state index contributed by atoms with van der Waals surface area (Å²) in [7, 11) is 0. The lowest BCUT2D eigenvalue weighted by molar-refractivity contribution is 0.0462. The van der Waals surface area contributed by atoms with Gasteiger partial charge >= 0.3 is 6.09 Å². The van der Waals surface area contributed by atoms with Crippen molar-refractivity contribution in [2.24, 2.45) is 0 Å². The maximum absolute atomic E-state index is 13.3. The average molecular weight is 322 g/mol. The van der Waals surface area contributed by atoms with Gasteiger partial charge in [-0.2, -0.15) is 0 Å². The van der Waals surface area contributed by atoms with Gasteiger partial charge in [-0.05, 0) is 57.7 Å². The number of halogens is 1. The molecule has 0 heterocycles. The highest BCUT2D eigenvalue weighted by Crippen LogP contribution is 2.26. The molecule has 0 spiro atoms. The summed E-state index contributed by atoms with van der Waals surface area (Å²) in [5.41, 5.74) is 0.493. The molecule has 0 aromatic heterocycles. The van der Waals surface area contributed by atoms with Crippen LogP contribution < -0.4 is 10.6 Å². The van der Waals surface area contributed by atoms with Gasteiger partial charge in [0.2, 0.25) is 0 Å². The number of rotatable bonds is 5. The molecule has 128 valence electrons. The summed E-state index contributed by atoms with van der Waals surface area (Å²) in [4.78, 5) is 11.7. The zero-order chi connectivity index (χ0) is 17.0. The summed E-state index contributed by atoms with van der Waals surface area (Å²) < 4.78 is 18.6. The summed E-state index contributed by atoms with van der Waals surface area (Å²) >= 11 is 0. The molecule has 1 amide bonds. The van der Waals surface area contributed by atoms with Crippen molar-refractivity contribution in [3.63, 3.8) is 0 Å². The van der Waals surface area contributed by atoms with Crippen LogP contribution in [0.4, 0.5) is 9.18 Å². The third-order valence-corrected chi connectivity index (χ3v) is 3.96. The molecule has 1 saturated carbocycles. The molecule has 0 aliphatic heterocycles. The molecule has 1 aliphatic rings. The average Bonchev–Trinajstić information content (AvgIpc) is 2.39. The predicted octanol–water partition coefficient (Wildman–Crippen LogP) is 3.92. The van der Waals surface area contributed by atoms with Crippen LogP contribution in [0.5, 0.6) is 0 Å². The van der Waals surface area contributed by atoms with Crippen LogP contribution in [-0.4, -0.2) is 23.8 Å². The lowest BCUT2D eigenvalue weighted by atomic mass is 9.85. The van der Waals surface area contributed by atoms with E-state index < -0.39 is 5.60 Å². The fraction of sp³-hybridized carbons (Fsp3) is 0.611. The molecule has 2 N–H and O–H groups in total. The van der Waals surface area contributed by atoms with Gasteiger partial charge in [-0.25, -0.2) is 9.18 Å². The van der Waals surface area contributed by atoms with Gasteiger partial charge in [0, 0.05) is 18.1 Å². The molecule has 1 atom stereocenters. The number of hydrogen-bond donors (Lipinski definition) is 2. The molecule has 1 aromatic carbocycles. The highest BCUT2D eigenvalue weighted by atomic mass is 19.1. The first kappa shape index (κ1) is 17.7. The van der Waals surface area contributed by atoms with Crippen molar-refractivity contribution < 1.29 is 13.9 Å². The molecule has 1 unspecified atom stereocenters. The Bertz CT molecular complexity index is 536. The number of nitrogens with one attached hydrogen (secondary N) is 2. The van der Waals surface area contributed by atoms with Crippen molar-refractivity contribution in [1.29, 1.82) is 0 Å². The quantitative estimate of drug-likeness (QED) is 0.864. The Morgan fingerprint density at radius 2 is 2.04 bits per heavy atom. The van der Waals surface area contributed by atoms with Crippen LogP contribution >= 0.6 is 0 Å². The number of amides is 1. The van der Waals surface area contributed by atoms with Gasteiger partial charge in [-0.1, -0.05) is 19.1 Å². The first-order chi connectivity index (χ1) is 10.8. The molecule has 0 radical (unpaired) electrons. The number of benzene rings is 1. The Labute approximate surface area is 137 Å². The van der Waals surface area contributed by atoms with E-state index in [1.165, 1.54) is 6.07 Å². The van der Waals surface area contributed by atoms with Crippen LogP contribution in [0.15, 0.2) is 24.3 Å². The molecule has 5 heteroatoms. The maximum Gasteiger partial charge on any atom is 0.407 e. The normalized spacial score (nSPS) is 22.1. The van der Waals surface area contributed by atoms with E-state index in [4.69, 9.17) is 4.74 Å². The zero-order valence-electron chi connectivity index (χ0n) is 14.4. The third-order valence-electron chi connectivity index (χ3n) is 3.96. The Morgan fingerprint density at radius 3 is 2.61 bits per heavy atom. The monoisotopic (exact) mass is 322 g/mol. The van der Waals surface area contributed by atoms with Crippen LogP contribution in [0.2, 0.25) is 0 Å². The van der Waals surface area contributed by atoms with Gasteiger partial charge in [0.15, 0.2) is 0 Å². The minimum Gasteiger partial charge on any atom is -0.444 e. The maximum atomic E-state index is 13.3. The summed E-state index contributed by atoms with van der Waals surface area (Å²) in [6.45, 7) is 7.63. The van der Waals surface area contributed by atoms with Crippen LogP contribution in [0, 0.1) is 5.82 Å². The lowest BCUT2D eigenvalue weighted by Gasteiger charge is -2.39. The van der Waals surface area contributed by atoms with Crippen molar-refractivity contribution in [1.82, 2.24) is 10.6 Å². The van der Waals surface area contributed by atoms with Gasteiger partial charge in [-0.15, -0.1) is 0 Å². The minimum absolute atomic E-state index is 0.137. The van der Waals surface area contributed by atoms with E-state index in [1.807, 2.05) is 26.8 Å². The summed E-state index contributed by atoms with van der Waals surface area (Å²) in [5, 5.41) is 6.42. The molecule has 1 aliphatic carbocycles. The molecule has 1 aromatic rings. The Morgan fingerprint density at radius 1 is 1.35 bits per heavy atom. The summed E-state index contributed by atoms with van der Waals surface area (Å²) in [6.07, 6.45) is 2.26. The molecule has 0 bridgehead atoms. The Kier molecular flexibility index (Phi) is 5.63. The summed E-state index contributed by atoms with van der Waals surface area (Å²) in [6, 6.07) is 7.34. The van der Waals surface area contributed by atoms with Gasteiger partial charge in [-0.3, -0.25) is 0 Å². The van der Waals surface area contributed by atoms with Crippen molar-refractivity contribution in [3.05, 3.63) is 35.6 Å². The molecule has 0 saturated heterocycles. The predicted molar refractivity (Wildman–Crippen MR) is 88.7 cm³/mol. The van der Waals surface area contributed by atoms with Gasteiger partial charge in [0.05, 0.1) is 0 Å². The molecule has 23 heavy (non-hydrogen) atoms. The second kappa shape index (κ2) is 7.30. The van der Waals surface area contributed by atoms with E-state index in [-0.39, 0.29) is 24.0 Å². The molecule has 1 fully saturated rings. The molecular formula is C18H27FN2O2. The topological polar surface area (TPSA) is 50.4 Å². The zero-order valence-corrected chi connectivity index (χ0v) is 14.4. The van der Waals surface area contributed by atoms with E-state index >= 15 is 0 Å². The lowest BCUT2D eigenvalue weighted by Crippen LogP contribution is -2.53. The SMILES string of the molecule is CCC(NC1CC(NC(=O)OC(C)(C)C)C1)c1cccc(F)c1. The number of ether oxygens (including phenoxy) is 1. The fourth-order valence-electron chi connectivity index (χ4n) is 2.80. The largest absolute Gasteiger partial charge is 0.444 e. The number of hydrogen-bond acceptors (Lipinski definition) is 3. The van der Waals surface area contributed by atoms with Crippen molar-refractivity contribution in [2.45, 2.75) is 70.7 Å². The van der Waals surface area contributed by atoms with Crippen LogP contribution in [0.25, 0.3) is 0 Å².